The van der Waals surface area contributed by atoms with Gasteiger partial charge in [0.15, 0.2) is 0 Å². The molecule has 1 aromatic heterocycles. The molecule has 4 aromatic carbocycles. The second-order valence-electron chi connectivity index (χ2n) is 8.27. The SMILES string of the molecule is CCNc1cccc(-c2ccccc2-c2nc(-c3ccccc3)c(-c3ccccc3)n2CC)c1. The van der Waals surface area contributed by atoms with Crippen LogP contribution in [0.2, 0.25) is 0 Å². The lowest BCUT2D eigenvalue weighted by Crippen LogP contribution is -2.01. The molecule has 168 valence electrons. The molecule has 3 heteroatoms. The molecule has 0 saturated carbocycles. The molecule has 3 nitrogen and oxygen atoms in total. The summed E-state index contributed by atoms with van der Waals surface area (Å²) in [5.74, 6) is 0.990. The van der Waals surface area contributed by atoms with Gasteiger partial charge in [0.25, 0.3) is 0 Å². The first kappa shape index (κ1) is 21.7. The molecule has 0 atom stereocenters. The summed E-state index contributed by atoms with van der Waals surface area (Å²) in [6, 6.07) is 38.3. The van der Waals surface area contributed by atoms with Crippen LogP contribution < -0.4 is 5.32 Å². The topological polar surface area (TPSA) is 29.9 Å². The Balaban J connectivity index is 1.75. The summed E-state index contributed by atoms with van der Waals surface area (Å²) < 4.78 is 2.35. The molecule has 0 aliphatic carbocycles. The zero-order valence-corrected chi connectivity index (χ0v) is 19.7. The van der Waals surface area contributed by atoms with Gasteiger partial charge in [-0.1, -0.05) is 97.1 Å². The average Bonchev–Trinajstić information content (AvgIpc) is 3.30. The summed E-state index contributed by atoms with van der Waals surface area (Å²) in [4.78, 5) is 5.29. The molecule has 0 fully saturated rings. The van der Waals surface area contributed by atoms with E-state index < -0.39 is 0 Å². The summed E-state index contributed by atoms with van der Waals surface area (Å²) in [5, 5.41) is 3.43. The Morgan fingerprint density at radius 3 is 1.94 bits per heavy atom. The van der Waals surface area contributed by atoms with E-state index in [9.17, 15) is 0 Å². The minimum absolute atomic E-state index is 0.825. The van der Waals surface area contributed by atoms with Crippen LogP contribution in [0.5, 0.6) is 0 Å². The summed E-state index contributed by atoms with van der Waals surface area (Å²) in [5.41, 5.74) is 9.10. The summed E-state index contributed by atoms with van der Waals surface area (Å²) in [6.07, 6.45) is 0. The van der Waals surface area contributed by atoms with Crippen molar-refractivity contribution in [2.24, 2.45) is 0 Å². The number of hydrogen-bond acceptors (Lipinski definition) is 2. The Kier molecular flexibility index (Phi) is 6.26. The van der Waals surface area contributed by atoms with E-state index >= 15 is 0 Å². The van der Waals surface area contributed by atoms with Gasteiger partial charge in [-0.3, -0.25) is 0 Å². The highest BCUT2D eigenvalue weighted by molar-refractivity contribution is 5.87. The molecule has 0 radical (unpaired) electrons. The number of anilines is 1. The molecule has 5 rings (SSSR count). The van der Waals surface area contributed by atoms with Crippen molar-refractivity contribution < 1.29 is 0 Å². The number of nitrogens with zero attached hydrogens (tertiary/aromatic N) is 2. The van der Waals surface area contributed by atoms with Crippen LogP contribution in [-0.2, 0) is 6.54 Å². The van der Waals surface area contributed by atoms with E-state index in [4.69, 9.17) is 4.98 Å². The second-order valence-corrected chi connectivity index (χ2v) is 8.27. The van der Waals surface area contributed by atoms with Crippen molar-refractivity contribution in [1.29, 1.82) is 0 Å². The molecule has 0 saturated heterocycles. The fourth-order valence-corrected chi connectivity index (χ4v) is 4.58. The molecule has 0 unspecified atom stereocenters. The molecule has 1 heterocycles. The van der Waals surface area contributed by atoms with Gasteiger partial charge in [0, 0.05) is 35.5 Å². The van der Waals surface area contributed by atoms with Crippen molar-refractivity contribution in [3.05, 3.63) is 109 Å². The average molecular weight is 444 g/mol. The number of benzene rings is 4. The van der Waals surface area contributed by atoms with Crippen LogP contribution in [0.3, 0.4) is 0 Å². The fraction of sp³-hybridized carbons (Fsp3) is 0.129. The van der Waals surface area contributed by atoms with Crippen molar-refractivity contribution in [1.82, 2.24) is 9.55 Å². The van der Waals surface area contributed by atoms with E-state index in [-0.39, 0.29) is 0 Å². The van der Waals surface area contributed by atoms with Crippen molar-refractivity contribution in [2.45, 2.75) is 20.4 Å². The number of nitrogens with one attached hydrogen (secondary N) is 1. The van der Waals surface area contributed by atoms with Crippen molar-refractivity contribution in [3.8, 4) is 45.0 Å². The van der Waals surface area contributed by atoms with Crippen LogP contribution in [0.15, 0.2) is 109 Å². The van der Waals surface area contributed by atoms with Crippen LogP contribution in [0.25, 0.3) is 45.0 Å². The van der Waals surface area contributed by atoms with Crippen molar-refractivity contribution in [2.75, 3.05) is 11.9 Å². The third-order valence-electron chi connectivity index (χ3n) is 6.10. The minimum atomic E-state index is 0.825. The number of aromatic nitrogens is 2. The molecule has 0 bridgehead atoms. The molecule has 1 N–H and O–H groups in total. The first-order valence-electron chi connectivity index (χ1n) is 11.9. The second kappa shape index (κ2) is 9.80. The van der Waals surface area contributed by atoms with Crippen LogP contribution in [-0.4, -0.2) is 16.1 Å². The molecule has 0 aliphatic rings. The van der Waals surface area contributed by atoms with E-state index in [0.29, 0.717) is 0 Å². The van der Waals surface area contributed by atoms with Crippen LogP contribution in [0.4, 0.5) is 5.69 Å². The molecular formula is C31H29N3. The van der Waals surface area contributed by atoms with Gasteiger partial charge in [-0.25, -0.2) is 4.98 Å². The van der Waals surface area contributed by atoms with E-state index in [1.165, 1.54) is 16.7 Å². The lowest BCUT2D eigenvalue weighted by atomic mass is 9.98. The van der Waals surface area contributed by atoms with E-state index in [1.54, 1.807) is 0 Å². The highest BCUT2D eigenvalue weighted by Gasteiger charge is 2.22. The smallest absolute Gasteiger partial charge is 0.141 e. The number of hydrogen-bond donors (Lipinski definition) is 1. The van der Waals surface area contributed by atoms with E-state index in [0.717, 1.165) is 47.1 Å². The van der Waals surface area contributed by atoms with Gasteiger partial charge in [0.1, 0.15) is 5.82 Å². The predicted molar refractivity (Wildman–Crippen MR) is 144 cm³/mol. The number of rotatable bonds is 7. The van der Waals surface area contributed by atoms with Gasteiger partial charge in [0.2, 0.25) is 0 Å². The van der Waals surface area contributed by atoms with E-state index in [1.807, 2.05) is 0 Å². The first-order valence-corrected chi connectivity index (χ1v) is 11.9. The predicted octanol–water partition coefficient (Wildman–Crippen LogP) is 8.00. The maximum absolute atomic E-state index is 5.29. The molecule has 0 aliphatic heterocycles. The zero-order valence-electron chi connectivity index (χ0n) is 19.7. The Labute approximate surface area is 201 Å². The van der Waals surface area contributed by atoms with Gasteiger partial charge in [-0.15, -0.1) is 0 Å². The molecule has 5 aromatic rings. The summed E-state index contributed by atoms with van der Waals surface area (Å²) in [7, 11) is 0. The Bertz CT molecular complexity index is 1390. The van der Waals surface area contributed by atoms with Gasteiger partial charge in [-0.05, 0) is 37.1 Å². The Morgan fingerprint density at radius 2 is 1.26 bits per heavy atom. The maximum atomic E-state index is 5.29. The van der Waals surface area contributed by atoms with Gasteiger partial charge < -0.3 is 9.88 Å². The summed E-state index contributed by atoms with van der Waals surface area (Å²) in [6.45, 7) is 6.03. The lowest BCUT2D eigenvalue weighted by Gasteiger charge is -2.14. The monoisotopic (exact) mass is 443 g/mol. The highest BCUT2D eigenvalue weighted by Crippen LogP contribution is 2.39. The van der Waals surface area contributed by atoms with Gasteiger partial charge >= 0.3 is 0 Å². The molecular weight excluding hydrogens is 414 g/mol. The molecule has 0 amide bonds. The fourth-order valence-electron chi connectivity index (χ4n) is 4.58. The normalized spacial score (nSPS) is 10.9. The summed E-state index contributed by atoms with van der Waals surface area (Å²) >= 11 is 0. The lowest BCUT2D eigenvalue weighted by molar-refractivity contribution is 0.778. The first-order chi connectivity index (χ1) is 16.8. The standard InChI is InChI=1S/C31H29N3/c1-3-32-26-19-13-18-25(22-26)27-20-11-12-21-28(27)31-33-29(23-14-7-5-8-15-23)30(34(31)4-2)24-16-9-6-10-17-24/h5-22,32H,3-4H2,1-2H3. The maximum Gasteiger partial charge on any atom is 0.141 e. The quantitative estimate of drug-likeness (QED) is 0.276. The third kappa shape index (κ3) is 4.13. The Morgan fingerprint density at radius 1 is 0.647 bits per heavy atom. The Hall–Kier alpha value is -4.11. The van der Waals surface area contributed by atoms with Gasteiger partial charge in [-0.2, -0.15) is 0 Å². The highest BCUT2D eigenvalue weighted by atomic mass is 15.1. The minimum Gasteiger partial charge on any atom is -0.385 e. The van der Waals surface area contributed by atoms with Crippen molar-refractivity contribution in [3.63, 3.8) is 0 Å². The van der Waals surface area contributed by atoms with Gasteiger partial charge in [0.05, 0.1) is 11.4 Å². The van der Waals surface area contributed by atoms with Crippen LogP contribution in [0.1, 0.15) is 13.8 Å². The molecule has 0 spiro atoms. The third-order valence-corrected chi connectivity index (χ3v) is 6.10. The zero-order chi connectivity index (χ0) is 23.3. The van der Waals surface area contributed by atoms with Crippen LogP contribution in [0, 0.1) is 0 Å². The molecule has 34 heavy (non-hydrogen) atoms. The number of imidazole rings is 1. The largest absolute Gasteiger partial charge is 0.385 e. The van der Waals surface area contributed by atoms with Crippen molar-refractivity contribution >= 4 is 5.69 Å². The van der Waals surface area contributed by atoms with Crippen LogP contribution >= 0.6 is 0 Å². The van der Waals surface area contributed by atoms with E-state index in [2.05, 4.69) is 133 Å².